The standard InChI is InChI=1S/C17H24N2O4/c1-2-8-19-10-14(16(20)21)9-15(11-19)18-17(22)23-12-13-6-4-3-5-7-13/h3-7,14-15H,2,8-12H2,1H3,(H,18,22)(H,20,21). The number of ether oxygens (including phenoxy) is 1. The largest absolute Gasteiger partial charge is 0.481 e. The molecule has 1 aromatic rings. The van der Waals surface area contributed by atoms with Crippen molar-refractivity contribution in [2.75, 3.05) is 19.6 Å². The third kappa shape index (κ3) is 5.56. The molecule has 0 aromatic heterocycles. The summed E-state index contributed by atoms with van der Waals surface area (Å²) in [5.41, 5.74) is 0.919. The first kappa shape index (κ1) is 17.3. The van der Waals surface area contributed by atoms with Crippen LogP contribution in [-0.2, 0) is 16.1 Å². The summed E-state index contributed by atoms with van der Waals surface area (Å²) < 4.78 is 5.21. The van der Waals surface area contributed by atoms with E-state index in [0.717, 1.165) is 18.5 Å². The molecule has 1 aromatic carbocycles. The number of aliphatic carboxylic acids is 1. The van der Waals surface area contributed by atoms with Crippen LogP contribution in [-0.4, -0.2) is 47.7 Å². The Bertz CT molecular complexity index is 521. The van der Waals surface area contributed by atoms with Gasteiger partial charge in [0.15, 0.2) is 0 Å². The smallest absolute Gasteiger partial charge is 0.407 e. The van der Waals surface area contributed by atoms with Gasteiger partial charge in [-0.05, 0) is 24.9 Å². The molecule has 6 nitrogen and oxygen atoms in total. The number of likely N-dealkylation sites (tertiary alicyclic amines) is 1. The van der Waals surface area contributed by atoms with Gasteiger partial charge >= 0.3 is 12.1 Å². The lowest BCUT2D eigenvalue weighted by Crippen LogP contribution is -2.52. The van der Waals surface area contributed by atoms with Crippen LogP contribution in [0.1, 0.15) is 25.3 Å². The monoisotopic (exact) mass is 320 g/mol. The summed E-state index contributed by atoms with van der Waals surface area (Å²) in [5.74, 6) is -1.26. The zero-order chi connectivity index (χ0) is 16.7. The molecular formula is C17H24N2O4. The van der Waals surface area contributed by atoms with Gasteiger partial charge in [0.1, 0.15) is 6.61 Å². The first-order valence-electron chi connectivity index (χ1n) is 8.01. The average molecular weight is 320 g/mol. The van der Waals surface area contributed by atoms with Gasteiger partial charge in [0, 0.05) is 19.1 Å². The van der Waals surface area contributed by atoms with E-state index >= 15 is 0 Å². The summed E-state index contributed by atoms with van der Waals surface area (Å²) in [5, 5.41) is 12.1. The minimum Gasteiger partial charge on any atom is -0.481 e. The fourth-order valence-electron chi connectivity index (χ4n) is 2.90. The number of amides is 1. The number of hydrogen-bond donors (Lipinski definition) is 2. The maximum absolute atomic E-state index is 11.9. The number of benzene rings is 1. The van der Waals surface area contributed by atoms with E-state index in [1.54, 1.807) is 0 Å². The van der Waals surface area contributed by atoms with Gasteiger partial charge in [0.05, 0.1) is 5.92 Å². The van der Waals surface area contributed by atoms with Crippen LogP contribution in [0.25, 0.3) is 0 Å². The minimum absolute atomic E-state index is 0.195. The van der Waals surface area contributed by atoms with E-state index in [-0.39, 0.29) is 12.6 Å². The van der Waals surface area contributed by atoms with Gasteiger partial charge in [0.2, 0.25) is 0 Å². The average Bonchev–Trinajstić information content (AvgIpc) is 2.54. The van der Waals surface area contributed by atoms with Crippen molar-refractivity contribution in [3.8, 4) is 0 Å². The van der Waals surface area contributed by atoms with Crippen LogP contribution in [0, 0.1) is 5.92 Å². The van der Waals surface area contributed by atoms with Crippen molar-refractivity contribution in [3.05, 3.63) is 35.9 Å². The van der Waals surface area contributed by atoms with Gasteiger partial charge in [-0.1, -0.05) is 37.3 Å². The number of alkyl carbamates (subject to hydrolysis) is 1. The van der Waals surface area contributed by atoms with Crippen molar-refractivity contribution >= 4 is 12.1 Å². The van der Waals surface area contributed by atoms with Crippen LogP contribution in [0.3, 0.4) is 0 Å². The fourth-order valence-corrected chi connectivity index (χ4v) is 2.90. The normalized spacial score (nSPS) is 21.6. The van der Waals surface area contributed by atoms with Crippen molar-refractivity contribution in [1.29, 1.82) is 0 Å². The number of carbonyl (C=O) groups is 2. The van der Waals surface area contributed by atoms with Crippen LogP contribution < -0.4 is 5.32 Å². The lowest BCUT2D eigenvalue weighted by molar-refractivity contribution is -0.144. The topological polar surface area (TPSA) is 78.9 Å². The zero-order valence-corrected chi connectivity index (χ0v) is 13.4. The molecule has 0 bridgehead atoms. The maximum atomic E-state index is 11.9. The molecule has 0 radical (unpaired) electrons. The number of carbonyl (C=O) groups excluding carboxylic acids is 1. The van der Waals surface area contributed by atoms with Gasteiger partial charge in [-0.25, -0.2) is 4.79 Å². The fraction of sp³-hybridized carbons (Fsp3) is 0.529. The zero-order valence-electron chi connectivity index (χ0n) is 13.4. The summed E-state index contributed by atoms with van der Waals surface area (Å²) in [6, 6.07) is 9.25. The van der Waals surface area contributed by atoms with Crippen LogP contribution in [0.5, 0.6) is 0 Å². The van der Waals surface area contributed by atoms with E-state index < -0.39 is 18.0 Å². The molecular weight excluding hydrogens is 296 g/mol. The van der Waals surface area contributed by atoms with Crippen LogP contribution in [0.2, 0.25) is 0 Å². The highest BCUT2D eigenvalue weighted by Gasteiger charge is 2.32. The molecule has 126 valence electrons. The molecule has 1 aliphatic rings. The van der Waals surface area contributed by atoms with Crippen molar-refractivity contribution in [2.24, 2.45) is 5.92 Å². The van der Waals surface area contributed by atoms with E-state index in [1.807, 2.05) is 30.3 Å². The number of rotatable bonds is 6. The third-order valence-electron chi connectivity index (χ3n) is 3.95. The lowest BCUT2D eigenvalue weighted by Gasteiger charge is -2.36. The van der Waals surface area contributed by atoms with E-state index in [2.05, 4.69) is 17.1 Å². The summed E-state index contributed by atoms with van der Waals surface area (Å²) in [4.78, 5) is 25.3. The molecule has 6 heteroatoms. The summed E-state index contributed by atoms with van der Waals surface area (Å²) >= 11 is 0. The number of piperidine rings is 1. The van der Waals surface area contributed by atoms with Crippen molar-refractivity contribution in [1.82, 2.24) is 10.2 Å². The van der Waals surface area contributed by atoms with Crippen molar-refractivity contribution in [3.63, 3.8) is 0 Å². The highest BCUT2D eigenvalue weighted by atomic mass is 16.5. The Kier molecular flexibility index (Phi) is 6.40. The Morgan fingerprint density at radius 1 is 1.30 bits per heavy atom. The highest BCUT2D eigenvalue weighted by molar-refractivity contribution is 5.71. The Morgan fingerprint density at radius 2 is 2.04 bits per heavy atom. The van der Waals surface area contributed by atoms with E-state index in [9.17, 15) is 14.7 Å². The summed E-state index contributed by atoms with van der Waals surface area (Å²) in [7, 11) is 0. The molecule has 1 saturated heterocycles. The molecule has 1 fully saturated rings. The minimum atomic E-state index is -0.810. The van der Waals surface area contributed by atoms with Gasteiger partial charge < -0.3 is 20.1 Å². The highest BCUT2D eigenvalue weighted by Crippen LogP contribution is 2.18. The molecule has 1 amide bonds. The quantitative estimate of drug-likeness (QED) is 0.839. The Labute approximate surface area is 136 Å². The molecule has 0 aliphatic carbocycles. The van der Waals surface area contributed by atoms with Crippen molar-refractivity contribution in [2.45, 2.75) is 32.4 Å². The molecule has 2 atom stereocenters. The van der Waals surface area contributed by atoms with E-state index in [4.69, 9.17) is 4.74 Å². The molecule has 2 N–H and O–H groups in total. The predicted molar refractivity (Wildman–Crippen MR) is 86.0 cm³/mol. The number of nitrogens with zero attached hydrogens (tertiary/aromatic N) is 1. The Hall–Kier alpha value is -2.08. The number of carboxylic acids is 1. The van der Waals surface area contributed by atoms with Gasteiger partial charge in [-0.3, -0.25) is 4.79 Å². The van der Waals surface area contributed by atoms with E-state index in [0.29, 0.717) is 19.5 Å². The first-order chi connectivity index (χ1) is 11.1. The van der Waals surface area contributed by atoms with Crippen LogP contribution in [0.4, 0.5) is 4.79 Å². The van der Waals surface area contributed by atoms with Crippen LogP contribution in [0.15, 0.2) is 30.3 Å². The summed E-state index contributed by atoms with van der Waals surface area (Å²) in [6.07, 6.45) is 0.898. The number of carboxylic acid groups (broad SMARTS) is 1. The van der Waals surface area contributed by atoms with Crippen LogP contribution >= 0.6 is 0 Å². The molecule has 1 aliphatic heterocycles. The number of nitrogens with one attached hydrogen (secondary N) is 1. The lowest BCUT2D eigenvalue weighted by atomic mass is 9.94. The molecule has 23 heavy (non-hydrogen) atoms. The second-order valence-electron chi connectivity index (χ2n) is 5.93. The Balaban J connectivity index is 1.84. The van der Waals surface area contributed by atoms with Gasteiger partial charge in [-0.15, -0.1) is 0 Å². The van der Waals surface area contributed by atoms with E-state index in [1.165, 1.54) is 0 Å². The Morgan fingerprint density at radius 3 is 2.70 bits per heavy atom. The second-order valence-corrected chi connectivity index (χ2v) is 5.93. The number of hydrogen-bond acceptors (Lipinski definition) is 4. The SMILES string of the molecule is CCCN1CC(NC(=O)OCc2ccccc2)CC(C(=O)O)C1. The molecule has 0 spiro atoms. The second kappa shape index (κ2) is 8.53. The molecule has 0 saturated carbocycles. The van der Waals surface area contributed by atoms with Gasteiger partial charge in [0.25, 0.3) is 0 Å². The molecule has 2 rings (SSSR count). The predicted octanol–water partition coefficient (Wildman–Crippen LogP) is 2.10. The van der Waals surface area contributed by atoms with Crippen molar-refractivity contribution < 1.29 is 19.4 Å². The first-order valence-corrected chi connectivity index (χ1v) is 8.01. The molecule has 1 heterocycles. The van der Waals surface area contributed by atoms with Gasteiger partial charge in [-0.2, -0.15) is 0 Å². The summed E-state index contributed by atoms with van der Waals surface area (Å²) in [6.45, 7) is 4.31. The molecule has 2 unspecified atom stereocenters. The third-order valence-corrected chi connectivity index (χ3v) is 3.95. The maximum Gasteiger partial charge on any atom is 0.407 e.